The van der Waals surface area contributed by atoms with Crippen LogP contribution in [0.1, 0.15) is 11.4 Å². The fourth-order valence-electron chi connectivity index (χ4n) is 1.26. The van der Waals surface area contributed by atoms with Gasteiger partial charge in [-0.1, -0.05) is 0 Å². The number of hydrogen-bond donors (Lipinski definition) is 2. The van der Waals surface area contributed by atoms with Crippen LogP contribution in [0.15, 0.2) is 6.07 Å². The number of aryl methyl sites for hydroxylation is 1. The third kappa shape index (κ3) is 3.16. The summed E-state index contributed by atoms with van der Waals surface area (Å²) in [6, 6.07) is 1.83. The molecule has 0 radical (unpaired) electrons. The zero-order chi connectivity index (χ0) is 12.1. The number of anilines is 1. The van der Waals surface area contributed by atoms with Crippen LogP contribution in [-0.2, 0) is 11.3 Å². The van der Waals surface area contributed by atoms with E-state index in [0.29, 0.717) is 12.5 Å². The number of carbonyl (C=O) groups excluding carboxylic acids is 1. The van der Waals surface area contributed by atoms with Crippen LogP contribution in [0.3, 0.4) is 0 Å². The average Bonchev–Trinajstić information content (AvgIpc) is 2.27. The summed E-state index contributed by atoms with van der Waals surface area (Å²) in [5.41, 5.74) is 7.14. The van der Waals surface area contributed by atoms with Crippen LogP contribution in [0, 0.1) is 6.92 Å². The molecule has 1 aromatic rings. The van der Waals surface area contributed by atoms with E-state index in [2.05, 4.69) is 15.3 Å². The van der Waals surface area contributed by atoms with Gasteiger partial charge < -0.3 is 16.0 Å². The summed E-state index contributed by atoms with van der Waals surface area (Å²) >= 11 is 0. The van der Waals surface area contributed by atoms with Gasteiger partial charge in [-0.2, -0.15) is 0 Å². The number of rotatable bonds is 4. The maximum absolute atomic E-state index is 11.2. The van der Waals surface area contributed by atoms with Gasteiger partial charge in [0.05, 0.1) is 12.2 Å². The van der Waals surface area contributed by atoms with Crippen LogP contribution < -0.4 is 16.0 Å². The van der Waals surface area contributed by atoms with Crippen molar-refractivity contribution in [3.63, 3.8) is 0 Å². The summed E-state index contributed by atoms with van der Waals surface area (Å²) in [7, 11) is 3.36. The summed E-state index contributed by atoms with van der Waals surface area (Å²) in [6.07, 6.45) is 0. The molecular weight excluding hydrogens is 206 g/mol. The zero-order valence-electron chi connectivity index (χ0n) is 9.82. The lowest BCUT2D eigenvalue weighted by Crippen LogP contribution is -2.34. The Balaban J connectivity index is 2.86. The number of nitrogens with two attached hydrogens (primary N) is 1. The molecule has 0 bridgehead atoms. The third-order valence-electron chi connectivity index (χ3n) is 2.11. The fraction of sp³-hybridized carbons (Fsp3) is 0.500. The highest BCUT2D eigenvalue weighted by molar-refractivity contribution is 5.80. The highest BCUT2D eigenvalue weighted by Crippen LogP contribution is 2.07. The Bertz CT molecular complexity index is 379. The predicted molar refractivity (Wildman–Crippen MR) is 62.0 cm³/mol. The average molecular weight is 223 g/mol. The monoisotopic (exact) mass is 223 g/mol. The van der Waals surface area contributed by atoms with Crippen molar-refractivity contribution in [3.8, 4) is 0 Å². The summed E-state index contributed by atoms with van der Waals surface area (Å²) in [5.74, 6) is 0.436. The lowest BCUT2D eigenvalue weighted by molar-refractivity contribution is -0.119. The smallest absolute Gasteiger partial charge is 0.239 e. The molecule has 0 fully saturated rings. The van der Waals surface area contributed by atoms with E-state index in [9.17, 15) is 4.79 Å². The summed E-state index contributed by atoms with van der Waals surface area (Å²) in [6.45, 7) is 2.46. The lowest BCUT2D eigenvalue weighted by atomic mass is 10.3. The number of likely N-dealkylation sites (N-methyl/N-ethyl adjacent to an activating group) is 2. The van der Waals surface area contributed by atoms with E-state index < -0.39 is 0 Å². The van der Waals surface area contributed by atoms with Crippen LogP contribution in [0.4, 0.5) is 5.95 Å². The maximum Gasteiger partial charge on any atom is 0.239 e. The van der Waals surface area contributed by atoms with Gasteiger partial charge in [-0.25, -0.2) is 9.97 Å². The van der Waals surface area contributed by atoms with Crippen LogP contribution in [0.2, 0.25) is 0 Å². The number of amides is 1. The van der Waals surface area contributed by atoms with Crippen molar-refractivity contribution in [3.05, 3.63) is 17.5 Å². The SMILES string of the molecule is CNC(=O)CN(C)c1nc(C)cc(CN)n1. The van der Waals surface area contributed by atoms with Crippen molar-refractivity contribution in [1.29, 1.82) is 0 Å². The zero-order valence-corrected chi connectivity index (χ0v) is 9.82. The Labute approximate surface area is 94.9 Å². The molecular formula is C10H17N5O. The largest absolute Gasteiger partial charge is 0.358 e. The Kier molecular flexibility index (Phi) is 4.19. The van der Waals surface area contributed by atoms with Crippen molar-refractivity contribution in [2.24, 2.45) is 5.73 Å². The van der Waals surface area contributed by atoms with E-state index in [-0.39, 0.29) is 12.5 Å². The van der Waals surface area contributed by atoms with Gasteiger partial charge in [0.25, 0.3) is 0 Å². The molecule has 6 nitrogen and oxygen atoms in total. The first-order valence-corrected chi connectivity index (χ1v) is 5.03. The maximum atomic E-state index is 11.2. The Morgan fingerprint density at radius 3 is 2.81 bits per heavy atom. The third-order valence-corrected chi connectivity index (χ3v) is 2.11. The molecule has 0 aliphatic heterocycles. The highest BCUT2D eigenvalue weighted by atomic mass is 16.1. The predicted octanol–water partition coefficient (Wildman–Crippen LogP) is -0.574. The Morgan fingerprint density at radius 2 is 2.25 bits per heavy atom. The standard InChI is InChI=1S/C10H17N5O/c1-7-4-8(5-11)14-10(13-7)15(3)6-9(16)12-2/h4H,5-6,11H2,1-3H3,(H,12,16). The van der Waals surface area contributed by atoms with Crippen LogP contribution in [0.25, 0.3) is 0 Å². The number of nitrogens with one attached hydrogen (secondary N) is 1. The lowest BCUT2D eigenvalue weighted by Gasteiger charge is -2.16. The molecule has 88 valence electrons. The van der Waals surface area contributed by atoms with Crippen LogP contribution in [-0.4, -0.2) is 36.5 Å². The second kappa shape index (κ2) is 5.41. The minimum Gasteiger partial charge on any atom is -0.358 e. The number of aromatic nitrogens is 2. The van der Waals surface area contributed by atoms with Gasteiger partial charge in [-0.05, 0) is 13.0 Å². The second-order valence-electron chi connectivity index (χ2n) is 3.53. The minimum absolute atomic E-state index is 0.0816. The van der Waals surface area contributed by atoms with Gasteiger partial charge in [0.15, 0.2) is 0 Å². The second-order valence-corrected chi connectivity index (χ2v) is 3.53. The molecule has 0 unspecified atom stereocenters. The molecule has 0 aliphatic carbocycles. The molecule has 0 saturated carbocycles. The Hall–Kier alpha value is -1.69. The first kappa shape index (κ1) is 12.4. The van der Waals surface area contributed by atoms with Gasteiger partial charge >= 0.3 is 0 Å². The molecule has 0 atom stereocenters. The fourth-order valence-corrected chi connectivity index (χ4v) is 1.26. The Morgan fingerprint density at radius 1 is 1.56 bits per heavy atom. The van der Waals surface area contributed by atoms with Crippen molar-refractivity contribution >= 4 is 11.9 Å². The van der Waals surface area contributed by atoms with Gasteiger partial charge in [-0.3, -0.25) is 4.79 Å². The molecule has 0 aliphatic rings. The number of hydrogen-bond acceptors (Lipinski definition) is 5. The summed E-state index contributed by atoms with van der Waals surface area (Å²) in [5, 5.41) is 2.55. The first-order valence-electron chi connectivity index (χ1n) is 5.03. The van der Waals surface area contributed by atoms with E-state index in [1.54, 1.807) is 19.0 Å². The molecule has 1 aromatic heterocycles. The van der Waals surface area contributed by atoms with Crippen molar-refractivity contribution < 1.29 is 4.79 Å². The minimum atomic E-state index is -0.0816. The summed E-state index contributed by atoms with van der Waals surface area (Å²) < 4.78 is 0. The van der Waals surface area contributed by atoms with E-state index in [0.717, 1.165) is 11.4 Å². The van der Waals surface area contributed by atoms with E-state index in [4.69, 9.17) is 5.73 Å². The van der Waals surface area contributed by atoms with Crippen molar-refractivity contribution in [1.82, 2.24) is 15.3 Å². The number of nitrogens with zero attached hydrogens (tertiary/aromatic N) is 3. The van der Waals surface area contributed by atoms with Crippen LogP contribution >= 0.6 is 0 Å². The van der Waals surface area contributed by atoms with Gasteiger partial charge in [0.2, 0.25) is 11.9 Å². The first-order chi connectivity index (χ1) is 7.56. The molecule has 6 heteroatoms. The van der Waals surface area contributed by atoms with Crippen molar-refractivity contribution in [2.45, 2.75) is 13.5 Å². The van der Waals surface area contributed by atoms with E-state index >= 15 is 0 Å². The molecule has 0 spiro atoms. The van der Waals surface area contributed by atoms with Gasteiger partial charge in [0.1, 0.15) is 0 Å². The van der Waals surface area contributed by atoms with Crippen LogP contribution in [0.5, 0.6) is 0 Å². The van der Waals surface area contributed by atoms with Crippen molar-refractivity contribution in [2.75, 3.05) is 25.5 Å². The quantitative estimate of drug-likeness (QED) is 0.714. The van der Waals surface area contributed by atoms with E-state index in [1.165, 1.54) is 0 Å². The molecule has 3 N–H and O–H groups in total. The normalized spacial score (nSPS) is 10.0. The molecule has 1 heterocycles. The summed E-state index contributed by atoms with van der Waals surface area (Å²) in [4.78, 5) is 21.4. The topological polar surface area (TPSA) is 84.1 Å². The molecule has 1 rings (SSSR count). The molecule has 16 heavy (non-hydrogen) atoms. The van der Waals surface area contributed by atoms with Gasteiger partial charge in [0, 0.05) is 26.3 Å². The highest BCUT2D eigenvalue weighted by Gasteiger charge is 2.09. The van der Waals surface area contributed by atoms with E-state index in [1.807, 2.05) is 13.0 Å². The number of carbonyl (C=O) groups is 1. The molecule has 0 aromatic carbocycles. The van der Waals surface area contributed by atoms with Gasteiger partial charge in [-0.15, -0.1) is 0 Å². The molecule has 1 amide bonds. The molecule has 0 saturated heterocycles.